The summed E-state index contributed by atoms with van der Waals surface area (Å²) >= 11 is 5.42. The lowest BCUT2D eigenvalue weighted by Gasteiger charge is -2.10. The predicted octanol–water partition coefficient (Wildman–Crippen LogP) is 4.54. The van der Waals surface area contributed by atoms with Crippen LogP contribution in [0.4, 0.5) is 0 Å². The largest absolute Gasteiger partial charge is 0.343 e. The van der Waals surface area contributed by atoms with Gasteiger partial charge in [-0.05, 0) is 31.9 Å². The highest BCUT2D eigenvalue weighted by Crippen LogP contribution is 2.39. The minimum atomic E-state index is 0.555. The number of nitrogens with one attached hydrogen (secondary N) is 1. The van der Waals surface area contributed by atoms with Gasteiger partial charge in [0, 0.05) is 28.6 Å². The Balaban J connectivity index is 1.92. The lowest BCUT2D eigenvalue weighted by atomic mass is 10.1. The topological polar surface area (TPSA) is 41.6 Å². The van der Waals surface area contributed by atoms with Crippen LogP contribution in [0.1, 0.15) is 30.1 Å². The highest BCUT2D eigenvalue weighted by molar-refractivity contribution is 7.71. The van der Waals surface area contributed by atoms with Gasteiger partial charge in [-0.3, -0.25) is 4.98 Å². The molecule has 4 rings (SSSR count). The Bertz CT molecular complexity index is 894. The third-order valence-corrected chi connectivity index (χ3v) is 4.41. The van der Waals surface area contributed by atoms with E-state index in [1.165, 1.54) is 12.8 Å². The molecular weight excluding hydrogens is 278 g/mol. The van der Waals surface area contributed by atoms with Gasteiger partial charge in [-0.1, -0.05) is 30.4 Å². The Labute approximate surface area is 128 Å². The van der Waals surface area contributed by atoms with Gasteiger partial charge in [0.05, 0.1) is 11.2 Å². The van der Waals surface area contributed by atoms with Gasteiger partial charge in [-0.2, -0.15) is 0 Å². The molecule has 1 aliphatic rings. The van der Waals surface area contributed by atoms with Gasteiger partial charge < -0.3 is 4.98 Å². The van der Waals surface area contributed by atoms with Crippen LogP contribution in [0.5, 0.6) is 0 Å². The van der Waals surface area contributed by atoms with Crippen LogP contribution in [-0.2, 0) is 0 Å². The zero-order valence-electron chi connectivity index (χ0n) is 11.8. The number of nitrogens with zero attached hydrogens (tertiary/aromatic N) is 2. The lowest BCUT2D eigenvalue weighted by molar-refractivity contribution is 0.914. The van der Waals surface area contributed by atoms with E-state index in [9.17, 15) is 0 Å². The Morgan fingerprint density at radius 1 is 1.24 bits per heavy atom. The number of pyridine rings is 1. The minimum absolute atomic E-state index is 0.555. The fourth-order valence-corrected chi connectivity index (χ4v) is 2.80. The van der Waals surface area contributed by atoms with Crippen molar-refractivity contribution in [2.24, 2.45) is 0 Å². The molecule has 3 nitrogen and oxygen atoms in total. The number of H-pyrrole nitrogens is 1. The van der Waals surface area contributed by atoms with Crippen molar-refractivity contribution < 1.29 is 0 Å². The smallest absolute Gasteiger partial charge is 0.133 e. The molecule has 0 spiro atoms. The number of para-hydroxylation sites is 1. The second kappa shape index (κ2) is 4.74. The second-order valence-corrected chi connectivity index (χ2v) is 6.00. The molecule has 1 aliphatic carbocycles. The van der Waals surface area contributed by atoms with Crippen molar-refractivity contribution in [3.05, 3.63) is 52.6 Å². The molecule has 0 atom stereocenters. The number of aromatic amines is 1. The summed E-state index contributed by atoms with van der Waals surface area (Å²) in [5.41, 5.74) is 4.15. The maximum atomic E-state index is 5.42. The molecule has 0 saturated heterocycles. The summed E-state index contributed by atoms with van der Waals surface area (Å²) in [6.45, 7) is 2.02. The molecule has 1 fully saturated rings. The van der Waals surface area contributed by atoms with Crippen molar-refractivity contribution in [2.75, 3.05) is 0 Å². The summed E-state index contributed by atoms with van der Waals surface area (Å²) in [6, 6.07) is 10.3. The summed E-state index contributed by atoms with van der Waals surface area (Å²) in [5, 5.41) is 1.14. The molecule has 0 amide bonds. The molecule has 3 aromatic rings. The van der Waals surface area contributed by atoms with E-state index in [1.807, 2.05) is 31.3 Å². The Kier molecular flexibility index (Phi) is 2.86. The highest BCUT2D eigenvalue weighted by Gasteiger charge is 2.26. The van der Waals surface area contributed by atoms with Crippen LogP contribution in [0, 0.1) is 11.6 Å². The number of fused-ring (bicyclic) bond motifs is 1. The summed E-state index contributed by atoms with van der Waals surface area (Å²) in [5.74, 6) is 1.58. The fourth-order valence-electron chi connectivity index (χ4n) is 2.60. The van der Waals surface area contributed by atoms with E-state index in [2.05, 4.69) is 27.1 Å². The van der Waals surface area contributed by atoms with Gasteiger partial charge in [0.25, 0.3) is 0 Å². The lowest BCUT2D eigenvalue weighted by Crippen LogP contribution is -1.99. The van der Waals surface area contributed by atoms with E-state index in [1.54, 1.807) is 0 Å². The van der Waals surface area contributed by atoms with Gasteiger partial charge in [-0.15, -0.1) is 0 Å². The second-order valence-electron chi connectivity index (χ2n) is 5.62. The molecular formula is C17H15N3S. The molecule has 2 heterocycles. The molecule has 2 aromatic heterocycles. The van der Waals surface area contributed by atoms with Gasteiger partial charge >= 0.3 is 0 Å². The number of aromatic nitrogens is 3. The zero-order valence-corrected chi connectivity index (χ0v) is 12.6. The summed E-state index contributed by atoms with van der Waals surface area (Å²) in [7, 11) is 0. The van der Waals surface area contributed by atoms with Crippen LogP contribution < -0.4 is 0 Å². The molecule has 0 radical (unpaired) electrons. The Morgan fingerprint density at radius 3 is 2.86 bits per heavy atom. The number of rotatable bonds is 2. The SMILES string of the molecule is Cc1c(-c2cnc3ccccc3c2)[nH]c(C2CC2)nc1=S. The Hall–Kier alpha value is -2.07. The van der Waals surface area contributed by atoms with E-state index in [0.717, 1.165) is 33.5 Å². The monoisotopic (exact) mass is 293 g/mol. The standard InChI is InChI=1S/C17H15N3S/c1-10-15(19-16(11-6-7-11)20-17(10)21)13-8-12-4-2-3-5-14(12)18-9-13/h2-5,8-9,11H,6-7H2,1H3,(H,19,20,21). The third-order valence-electron chi connectivity index (χ3n) is 4.01. The summed E-state index contributed by atoms with van der Waals surface area (Å²) in [6.07, 6.45) is 4.32. The zero-order chi connectivity index (χ0) is 14.4. The van der Waals surface area contributed by atoms with Crippen molar-refractivity contribution in [3.8, 4) is 11.3 Å². The molecule has 1 saturated carbocycles. The number of benzene rings is 1. The normalized spacial score (nSPS) is 14.5. The molecule has 21 heavy (non-hydrogen) atoms. The fraction of sp³-hybridized carbons (Fsp3) is 0.235. The van der Waals surface area contributed by atoms with Crippen molar-refractivity contribution in [3.63, 3.8) is 0 Å². The quantitative estimate of drug-likeness (QED) is 0.705. The molecule has 1 N–H and O–H groups in total. The van der Waals surface area contributed by atoms with E-state index in [0.29, 0.717) is 10.6 Å². The van der Waals surface area contributed by atoms with Crippen LogP contribution in [0.15, 0.2) is 36.5 Å². The van der Waals surface area contributed by atoms with Crippen molar-refractivity contribution >= 4 is 23.1 Å². The van der Waals surface area contributed by atoms with E-state index >= 15 is 0 Å². The molecule has 104 valence electrons. The predicted molar refractivity (Wildman–Crippen MR) is 86.9 cm³/mol. The third kappa shape index (κ3) is 2.25. The number of hydrogen-bond acceptors (Lipinski definition) is 3. The van der Waals surface area contributed by atoms with Crippen LogP contribution in [-0.4, -0.2) is 15.0 Å². The Morgan fingerprint density at radius 2 is 2.05 bits per heavy atom. The summed E-state index contributed by atoms with van der Waals surface area (Å²) < 4.78 is 0.693. The molecule has 0 bridgehead atoms. The van der Waals surface area contributed by atoms with E-state index < -0.39 is 0 Å². The van der Waals surface area contributed by atoms with Gasteiger partial charge in [-0.25, -0.2) is 4.98 Å². The molecule has 0 aliphatic heterocycles. The molecule has 4 heteroatoms. The van der Waals surface area contributed by atoms with E-state index in [-0.39, 0.29) is 0 Å². The molecule has 0 unspecified atom stereocenters. The van der Waals surface area contributed by atoms with Gasteiger partial charge in [0.1, 0.15) is 10.5 Å². The van der Waals surface area contributed by atoms with Crippen molar-refractivity contribution in [2.45, 2.75) is 25.7 Å². The first-order valence-electron chi connectivity index (χ1n) is 7.18. The first-order valence-corrected chi connectivity index (χ1v) is 7.59. The van der Waals surface area contributed by atoms with Gasteiger partial charge in [0.15, 0.2) is 0 Å². The molecule has 1 aromatic carbocycles. The highest BCUT2D eigenvalue weighted by atomic mass is 32.1. The van der Waals surface area contributed by atoms with Crippen molar-refractivity contribution in [1.29, 1.82) is 0 Å². The number of hydrogen-bond donors (Lipinski definition) is 1. The minimum Gasteiger partial charge on any atom is -0.343 e. The van der Waals surface area contributed by atoms with Crippen LogP contribution in [0.3, 0.4) is 0 Å². The average Bonchev–Trinajstić information content (AvgIpc) is 3.34. The van der Waals surface area contributed by atoms with Crippen LogP contribution in [0.25, 0.3) is 22.2 Å². The maximum absolute atomic E-state index is 5.42. The van der Waals surface area contributed by atoms with Crippen molar-refractivity contribution in [1.82, 2.24) is 15.0 Å². The van der Waals surface area contributed by atoms with E-state index in [4.69, 9.17) is 12.2 Å². The first kappa shape index (κ1) is 12.7. The average molecular weight is 293 g/mol. The van der Waals surface area contributed by atoms with Gasteiger partial charge in [0.2, 0.25) is 0 Å². The van der Waals surface area contributed by atoms with Crippen LogP contribution >= 0.6 is 12.2 Å². The first-order chi connectivity index (χ1) is 10.2. The summed E-state index contributed by atoms with van der Waals surface area (Å²) in [4.78, 5) is 12.5. The maximum Gasteiger partial charge on any atom is 0.133 e. The van der Waals surface area contributed by atoms with Crippen LogP contribution in [0.2, 0.25) is 0 Å².